The van der Waals surface area contributed by atoms with Gasteiger partial charge in [-0.25, -0.2) is 13.5 Å². The Labute approximate surface area is 168 Å². The highest BCUT2D eigenvalue weighted by Crippen LogP contribution is 2.25. The van der Waals surface area contributed by atoms with Crippen LogP contribution >= 0.6 is 15.9 Å². The molecule has 4 rings (SSSR count). The summed E-state index contributed by atoms with van der Waals surface area (Å²) in [4.78, 5) is 12.8. The topological polar surface area (TPSA) is 39.8 Å². The van der Waals surface area contributed by atoms with Crippen LogP contribution in [0.5, 0.6) is 0 Å². The lowest BCUT2D eigenvalue weighted by molar-refractivity contribution is 0.596. The third-order valence-corrected chi connectivity index (χ3v) is 5.18. The molecule has 0 aliphatic rings. The van der Waals surface area contributed by atoms with Gasteiger partial charge in [0, 0.05) is 21.5 Å². The molecule has 0 saturated heterocycles. The fourth-order valence-corrected chi connectivity index (χ4v) is 3.76. The predicted molar refractivity (Wildman–Crippen MR) is 108 cm³/mol. The zero-order valence-corrected chi connectivity index (χ0v) is 16.8. The van der Waals surface area contributed by atoms with Crippen molar-refractivity contribution in [3.63, 3.8) is 0 Å². The van der Waals surface area contributed by atoms with E-state index in [1.165, 1.54) is 28.8 Å². The Balaban J connectivity index is 2.01. The summed E-state index contributed by atoms with van der Waals surface area (Å²) in [6.07, 6.45) is 0. The van der Waals surface area contributed by atoms with Crippen molar-refractivity contribution in [3.05, 3.63) is 91.8 Å². The van der Waals surface area contributed by atoms with Gasteiger partial charge < -0.3 is 0 Å². The Morgan fingerprint density at radius 3 is 2.57 bits per heavy atom. The SMILES string of the molecule is Cc1cc(=O)n(Cc2ccc(Br)cc2F)c2c1c(C)nn2-c1cccc(F)c1. The first-order valence-corrected chi connectivity index (χ1v) is 9.44. The third-order valence-electron chi connectivity index (χ3n) is 4.69. The van der Waals surface area contributed by atoms with Crippen molar-refractivity contribution in [2.45, 2.75) is 20.4 Å². The van der Waals surface area contributed by atoms with Crippen LogP contribution in [0.4, 0.5) is 8.78 Å². The highest BCUT2D eigenvalue weighted by Gasteiger charge is 2.18. The Morgan fingerprint density at radius 1 is 1.07 bits per heavy atom. The lowest BCUT2D eigenvalue weighted by Gasteiger charge is -2.13. The van der Waals surface area contributed by atoms with Crippen molar-refractivity contribution in [2.75, 3.05) is 0 Å². The molecule has 142 valence electrons. The molecule has 0 unspecified atom stereocenters. The molecule has 0 spiro atoms. The lowest BCUT2D eigenvalue weighted by atomic mass is 10.1. The van der Waals surface area contributed by atoms with Gasteiger partial charge in [0.05, 0.1) is 17.9 Å². The first kappa shape index (κ1) is 18.6. The maximum absolute atomic E-state index is 14.4. The number of benzene rings is 2. The van der Waals surface area contributed by atoms with Crippen LogP contribution in [0.3, 0.4) is 0 Å². The molecule has 28 heavy (non-hydrogen) atoms. The first-order chi connectivity index (χ1) is 13.3. The van der Waals surface area contributed by atoms with Crippen molar-refractivity contribution in [3.8, 4) is 5.69 Å². The van der Waals surface area contributed by atoms with Crippen LogP contribution in [-0.2, 0) is 6.54 Å². The van der Waals surface area contributed by atoms with E-state index in [2.05, 4.69) is 21.0 Å². The summed E-state index contributed by atoms with van der Waals surface area (Å²) < 4.78 is 31.8. The van der Waals surface area contributed by atoms with Crippen molar-refractivity contribution in [2.24, 2.45) is 0 Å². The van der Waals surface area contributed by atoms with E-state index >= 15 is 0 Å². The van der Waals surface area contributed by atoms with Gasteiger partial charge in [0.1, 0.15) is 17.3 Å². The molecule has 2 aromatic heterocycles. The molecule has 0 bridgehead atoms. The second kappa shape index (κ2) is 6.98. The average molecular weight is 444 g/mol. The van der Waals surface area contributed by atoms with Gasteiger partial charge in [0.15, 0.2) is 0 Å². The van der Waals surface area contributed by atoms with Gasteiger partial charge in [-0.15, -0.1) is 0 Å². The first-order valence-electron chi connectivity index (χ1n) is 8.65. The molecule has 0 radical (unpaired) electrons. The van der Waals surface area contributed by atoms with E-state index in [4.69, 9.17) is 0 Å². The van der Waals surface area contributed by atoms with Gasteiger partial charge in [-0.3, -0.25) is 9.36 Å². The normalized spacial score (nSPS) is 11.3. The molecule has 0 N–H and O–H groups in total. The van der Waals surface area contributed by atoms with Crippen LogP contribution < -0.4 is 5.56 Å². The zero-order valence-electron chi connectivity index (χ0n) is 15.2. The van der Waals surface area contributed by atoms with E-state index in [0.29, 0.717) is 27.1 Å². The zero-order chi connectivity index (χ0) is 20.0. The van der Waals surface area contributed by atoms with E-state index < -0.39 is 11.6 Å². The quantitative estimate of drug-likeness (QED) is 0.452. The average Bonchev–Trinajstić information content (AvgIpc) is 2.98. The van der Waals surface area contributed by atoms with Gasteiger partial charge >= 0.3 is 0 Å². The maximum Gasteiger partial charge on any atom is 0.252 e. The Morgan fingerprint density at radius 2 is 1.86 bits per heavy atom. The van der Waals surface area contributed by atoms with E-state index in [9.17, 15) is 13.6 Å². The molecule has 0 aliphatic carbocycles. The van der Waals surface area contributed by atoms with E-state index in [-0.39, 0.29) is 12.1 Å². The van der Waals surface area contributed by atoms with E-state index in [1.54, 1.807) is 28.9 Å². The number of hydrogen-bond donors (Lipinski definition) is 0. The highest BCUT2D eigenvalue weighted by molar-refractivity contribution is 9.10. The van der Waals surface area contributed by atoms with Gasteiger partial charge in [-0.05, 0) is 49.7 Å². The second-order valence-electron chi connectivity index (χ2n) is 6.66. The number of pyridine rings is 1. The van der Waals surface area contributed by atoms with Crippen molar-refractivity contribution < 1.29 is 8.78 Å². The van der Waals surface area contributed by atoms with Crippen LogP contribution in [0.2, 0.25) is 0 Å². The van der Waals surface area contributed by atoms with Gasteiger partial charge in [0.25, 0.3) is 5.56 Å². The van der Waals surface area contributed by atoms with Crippen LogP contribution in [0.1, 0.15) is 16.8 Å². The Hall–Kier alpha value is -2.80. The monoisotopic (exact) mass is 443 g/mol. The van der Waals surface area contributed by atoms with Crippen LogP contribution in [0, 0.1) is 25.5 Å². The smallest absolute Gasteiger partial charge is 0.252 e. The molecule has 0 amide bonds. The van der Waals surface area contributed by atoms with Crippen molar-refractivity contribution in [1.82, 2.24) is 14.3 Å². The summed E-state index contributed by atoms with van der Waals surface area (Å²) >= 11 is 3.24. The molecule has 2 aromatic carbocycles. The molecule has 7 heteroatoms. The summed E-state index contributed by atoms with van der Waals surface area (Å²) in [5, 5.41) is 5.32. The fourth-order valence-electron chi connectivity index (χ4n) is 3.43. The van der Waals surface area contributed by atoms with Gasteiger partial charge in [-0.2, -0.15) is 5.10 Å². The number of aryl methyl sites for hydroxylation is 2. The number of nitrogens with zero attached hydrogens (tertiary/aromatic N) is 3. The van der Waals surface area contributed by atoms with Gasteiger partial charge in [0.2, 0.25) is 0 Å². The van der Waals surface area contributed by atoms with Gasteiger partial charge in [-0.1, -0.05) is 28.1 Å². The Bertz CT molecular complexity index is 1280. The molecule has 4 nitrogen and oxygen atoms in total. The summed E-state index contributed by atoms with van der Waals surface area (Å²) in [5.74, 6) is -0.817. The molecule has 0 saturated carbocycles. The lowest BCUT2D eigenvalue weighted by Crippen LogP contribution is -2.23. The number of fused-ring (bicyclic) bond motifs is 1. The molecular weight excluding hydrogens is 428 g/mol. The minimum Gasteiger partial charge on any atom is -0.288 e. The molecule has 0 fully saturated rings. The Kier molecular flexibility index (Phi) is 4.63. The number of rotatable bonds is 3. The molecule has 0 aliphatic heterocycles. The number of aromatic nitrogens is 3. The standard InChI is InChI=1S/C21H16BrF2N3O/c1-12-8-19(28)26(11-14-6-7-15(22)9-18(14)24)21-20(12)13(2)25-27(21)17-5-3-4-16(23)10-17/h3-10H,11H2,1-2H3. The van der Waals surface area contributed by atoms with E-state index in [0.717, 1.165) is 10.9 Å². The van der Waals surface area contributed by atoms with Crippen LogP contribution in [0.25, 0.3) is 16.7 Å². The van der Waals surface area contributed by atoms with Crippen LogP contribution in [0.15, 0.2) is 57.8 Å². The van der Waals surface area contributed by atoms with Crippen molar-refractivity contribution >= 4 is 27.0 Å². The maximum atomic E-state index is 14.4. The molecular formula is C21H16BrF2N3O. The second-order valence-corrected chi connectivity index (χ2v) is 7.58. The molecule has 2 heterocycles. The largest absolute Gasteiger partial charge is 0.288 e. The number of halogens is 3. The minimum atomic E-state index is -0.413. The summed E-state index contributed by atoms with van der Waals surface area (Å²) in [7, 11) is 0. The number of hydrogen-bond acceptors (Lipinski definition) is 2. The van der Waals surface area contributed by atoms with E-state index in [1.807, 2.05) is 13.8 Å². The molecule has 0 atom stereocenters. The summed E-state index contributed by atoms with van der Waals surface area (Å²) in [5.41, 5.74) is 2.59. The third kappa shape index (κ3) is 3.16. The summed E-state index contributed by atoms with van der Waals surface area (Å²) in [6, 6.07) is 12.2. The summed E-state index contributed by atoms with van der Waals surface area (Å²) in [6.45, 7) is 3.70. The molecule has 4 aromatic rings. The van der Waals surface area contributed by atoms with Crippen LogP contribution in [-0.4, -0.2) is 14.3 Å². The van der Waals surface area contributed by atoms with Crippen molar-refractivity contribution in [1.29, 1.82) is 0 Å². The fraction of sp³-hybridized carbons (Fsp3) is 0.143. The highest BCUT2D eigenvalue weighted by atomic mass is 79.9. The minimum absolute atomic E-state index is 0.0369. The predicted octanol–water partition coefficient (Wildman–Crippen LogP) is 4.89.